The van der Waals surface area contributed by atoms with Crippen LogP contribution >= 0.6 is 0 Å². The standard InChI is InChI=1S/C19H39N/c1-6-9-10-16(7-2)13-18-14-17(15(4)5)11-12-19(18)20-8-3/h15-20H,6-14H2,1-5H3. The highest BCUT2D eigenvalue weighted by molar-refractivity contribution is 4.86. The van der Waals surface area contributed by atoms with E-state index in [1.807, 2.05) is 0 Å². The van der Waals surface area contributed by atoms with Gasteiger partial charge >= 0.3 is 0 Å². The number of rotatable bonds is 9. The van der Waals surface area contributed by atoms with Gasteiger partial charge in [-0.15, -0.1) is 0 Å². The van der Waals surface area contributed by atoms with Crippen LogP contribution in [-0.2, 0) is 0 Å². The first-order valence-electron chi connectivity index (χ1n) is 9.35. The van der Waals surface area contributed by atoms with E-state index in [1.54, 1.807) is 0 Å². The van der Waals surface area contributed by atoms with E-state index in [0.717, 1.165) is 36.3 Å². The molecule has 4 unspecified atom stereocenters. The molecule has 0 aromatic carbocycles. The van der Waals surface area contributed by atoms with Crippen LogP contribution in [0.3, 0.4) is 0 Å². The Morgan fingerprint density at radius 2 is 1.85 bits per heavy atom. The Hall–Kier alpha value is -0.0400. The SMILES string of the molecule is CCCCC(CC)CC1CC(C(C)C)CCC1NCC. The van der Waals surface area contributed by atoms with Gasteiger partial charge in [0.15, 0.2) is 0 Å². The molecule has 0 bridgehead atoms. The van der Waals surface area contributed by atoms with Gasteiger partial charge in [-0.05, 0) is 55.9 Å². The predicted molar refractivity (Wildman–Crippen MR) is 91.1 cm³/mol. The van der Waals surface area contributed by atoms with Crippen molar-refractivity contribution < 1.29 is 0 Å². The minimum Gasteiger partial charge on any atom is -0.314 e. The summed E-state index contributed by atoms with van der Waals surface area (Å²) in [6, 6.07) is 0.797. The van der Waals surface area contributed by atoms with Crippen molar-refractivity contribution in [3.63, 3.8) is 0 Å². The Morgan fingerprint density at radius 1 is 1.10 bits per heavy atom. The summed E-state index contributed by atoms with van der Waals surface area (Å²) in [5.41, 5.74) is 0. The van der Waals surface area contributed by atoms with Gasteiger partial charge in [0.1, 0.15) is 0 Å². The van der Waals surface area contributed by atoms with Gasteiger partial charge in [-0.2, -0.15) is 0 Å². The topological polar surface area (TPSA) is 12.0 Å². The highest BCUT2D eigenvalue weighted by atomic mass is 14.9. The van der Waals surface area contributed by atoms with E-state index < -0.39 is 0 Å². The molecule has 0 aliphatic heterocycles. The molecule has 0 saturated heterocycles. The summed E-state index contributed by atoms with van der Waals surface area (Å²) in [5, 5.41) is 3.78. The smallest absolute Gasteiger partial charge is 0.00955 e. The molecule has 0 spiro atoms. The first kappa shape index (κ1) is 18.0. The molecule has 1 aliphatic carbocycles. The fraction of sp³-hybridized carbons (Fsp3) is 1.00. The number of unbranched alkanes of at least 4 members (excludes halogenated alkanes) is 1. The maximum Gasteiger partial charge on any atom is 0.00955 e. The molecule has 1 fully saturated rings. The second-order valence-corrected chi connectivity index (χ2v) is 7.39. The molecule has 0 amide bonds. The molecule has 1 aliphatic rings. The van der Waals surface area contributed by atoms with Crippen LogP contribution < -0.4 is 5.32 Å². The van der Waals surface area contributed by atoms with E-state index in [0.29, 0.717) is 0 Å². The maximum atomic E-state index is 3.78. The molecule has 1 nitrogen and oxygen atoms in total. The Labute approximate surface area is 128 Å². The lowest BCUT2D eigenvalue weighted by molar-refractivity contribution is 0.142. The van der Waals surface area contributed by atoms with Crippen LogP contribution in [-0.4, -0.2) is 12.6 Å². The van der Waals surface area contributed by atoms with E-state index in [4.69, 9.17) is 0 Å². The van der Waals surface area contributed by atoms with Crippen molar-refractivity contribution in [2.24, 2.45) is 23.7 Å². The summed E-state index contributed by atoms with van der Waals surface area (Å²) in [7, 11) is 0. The molecule has 1 saturated carbocycles. The summed E-state index contributed by atoms with van der Waals surface area (Å²) in [6.45, 7) is 13.0. The van der Waals surface area contributed by atoms with E-state index in [2.05, 4.69) is 39.9 Å². The van der Waals surface area contributed by atoms with Crippen molar-refractivity contribution in [2.45, 2.75) is 92.0 Å². The largest absolute Gasteiger partial charge is 0.314 e. The van der Waals surface area contributed by atoms with Crippen molar-refractivity contribution >= 4 is 0 Å². The van der Waals surface area contributed by atoms with Gasteiger partial charge in [0.2, 0.25) is 0 Å². The zero-order valence-electron chi connectivity index (χ0n) is 14.8. The first-order chi connectivity index (χ1) is 9.62. The predicted octanol–water partition coefficient (Wildman–Crippen LogP) is 5.64. The second-order valence-electron chi connectivity index (χ2n) is 7.39. The molecule has 1 heteroatoms. The van der Waals surface area contributed by atoms with Crippen LogP contribution in [0, 0.1) is 23.7 Å². The third kappa shape index (κ3) is 5.76. The van der Waals surface area contributed by atoms with Crippen LogP contribution in [0.15, 0.2) is 0 Å². The fourth-order valence-electron chi connectivity index (χ4n) is 4.11. The summed E-state index contributed by atoms with van der Waals surface area (Å²) in [5.74, 6) is 3.74. The van der Waals surface area contributed by atoms with Crippen LogP contribution in [0.4, 0.5) is 0 Å². The number of hydrogen-bond donors (Lipinski definition) is 1. The van der Waals surface area contributed by atoms with Crippen LogP contribution in [0.5, 0.6) is 0 Å². The monoisotopic (exact) mass is 281 g/mol. The lowest BCUT2D eigenvalue weighted by Gasteiger charge is -2.40. The van der Waals surface area contributed by atoms with Crippen LogP contribution in [0.2, 0.25) is 0 Å². The minimum absolute atomic E-state index is 0.797. The van der Waals surface area contributed by atoms with Gasteiger partial charge in [0.05, 0.1) is 0 Å². The Bertz CT molecular complexity index is 236. The zero-order valence-corrected chi connectivity index (χ0v) is 14.8. The Kier molecular flexibility index (Phi) is 8.84. The molecule has 0 radical (unpaired) electrons. The minimum atomic E-state index is 0.797. The summed E-state index contributed by atoms with van der Waals surface area (Å²) in [6.07, 6.45) is 11.4. The summed E-state index contributed by atoms with van der Waals surface area (Å²) in [4.78, 5) is 0. The highest BCUT2D eigenvalue weighted by Gasteiger charge is 2.32. The normalized spacial score (nSPS) is 28.8. The lowest BCUT2D eigenvalue weighted by Crippen LogP contribution is -2.42. The maximum absolute atomic E-state index is 3.78. The molecule has 1 rings (SSSR count). The molecular weight excluding hydrogens is 242 g/mol. The van der Waals surface area contributed by atoms with Crippen molar-refractivity contribution in [1.82, 2.24) is 5.32 Å². The van der Waals surface area contributed by atoms with Crippen LogP contribution in [0.1, 0.15) is 86.0 Å². The van der Waals surface area contributed by atoms with Crippen molar-refractivity contribution in [2.75, 3.05) is 6.54 Å². The highest BCUT2D eigenvalue weighted by Crippen LogP contribution is 2.38. The summed E-state index contributed by atoms with van der Waals surface area (Å²) >= 11 is 0. The molecule has 120 valence electrons. The van der Waals surface area contributed by atoms with E-state index in [-0.39, 0.29) is 0 Å². The van der Waals surface area contributed by atoms with Gasteiger partial charge in [-0.25, -0.2) is 0 Å². The van der Waals surface area contributed by atoms with Crippen molar-refractivity contribution in [3.05, 3.63) is 0 Å². The lowest BCUT2D eigenvalue weighted by atomic mass is 9.70. The number of nitrogens with one attached hydrogen (secondary N) is 1. The molecule has 0 aromatic heterocycles. The van der Waals surface area contributed by atoms with Gasteiger partial charge in [-0.1, -0.05) is 60.3 Å². The summed E-state index contributed by atoms with van der Waals surface area (Å²) < 4.78 is 0. The van der Waals surface area contributed by atoms with Crippen molar-refractivity contribution in [1.29, 1.82) is 0 Å². The van der Waals surface area contributed by atoms with Gasteiger partial charge in [0, 0.05) is 6.04 Å². The van der Waals surface area contributed by atoms with Crippen molar-refractivity contribution in [3.8, 4) is 0 Å². The molecule has 4 atom stereocenters. The Morgan fingerprint density at radius 3 is 2.40 bits per heavy atom. The molecule has 1 N–H and O–H groups in total. The molecule has 0 aromatic rings. The van der Waals surface area contributed by atoms with Gasteiger partial charge in [0.25, 0.3) is 0 Å². The average Bonchev–Trinajstić information content (AvgIpc) is 2.44. The third-order valence-electron chi connectivity index (χ3n) is 5.61. The van der Waals surface area contributed by atoms with Gasteiger partial charge in [-0.3, -0.25) is 0 Å². The average molecular weight is 282 g/mol. The fourth-order valence-corrected chi connectivity index (χ4v) is 4.11. The number of hydrogen-bond acceptors (Lipinski definition) is 1. The molecule has 0 heterocycles. The third-order valence-corrected chi connectivity index (χ3v) is 5.61. The Balaban J connectivity index is 2.57. The molecule has 20 heavy (non-hydrogen) atoms. The quantitative estimate of drug-likeness (QED) is 0.576. The second kappa shape index (κ2) is 9.82. The van der Waals surface area contributed by atoms with E-state index >= 15 is 0 Å². The first-order valence-corrected chi connectivity index (χ1v) is 9.35. The van der Waals surface area contributed by atoms with Gasteiger partial charge < -0.3 is 5.32 Å². The van der Waals surface area contributed by atoms with Crippen LogP contribution in [0.25, 0.3) is 0 Å². The molecular formula is C19H39N. The van der Waals surface area contributed by atoms with E-state index in [9.17, 15) is 0 Å². The zero-order chi connectivity index (χ0) is 15.0. The van der Waals surface area contributed by atoms with E-state index in [1.165, 1.54) is 51.4 Å².